The zero-order valence-corrected chi connectivity index (χ0v) is 29.7. The van der Waals surface area contributed by atoms with Crippen LogP contribution in [-0.4, -0.2) is 71.7 Å². The van der Waals surface area contributed by atoms with Crippen molar-refractivity contribution in [2.75, 3.05) is 40.3 Å². The van der Waals surface area contributed by atoms with E-state index in [4.69, 9.17) is 0 Å². The minimum absolute atomic E-state index is 0. The Morgan fingerprint density at radius 1 is 0.682 bits per heavy atom. The lowest BCUT2D eigenvalue weighted by molar-refractivity contribution is -0.139. The predicted molar refractivity (Wildman–Crippen MR) is 189 cm³/mol. The molecule has 8 heteroatoms. The van der Waals surface area contributed by atoms with Crippen molar-refractivity contribution in [1.29, 1.82) is 0 Å². The minimum atomic E-state index is -0.0281. The van der Waals surface area contributed by atoms with Crippen LogP contribution in [0.1, 0.15) is 54.1 Å². The SMILES string of the molecule is Br.Br.Cc1ccc(C(N2CCCC(C(=O)N(C)Cc3ccccc3)C2)N2CCCC(C(=O)N(C)Cc3ccccc3)C2)cc1. The molecule has 3 aromatic carbocycles. The van der Waals surface area contributed by atoms with Crippen LogP contribution >= 0.6 is 34.0 Å². The number of hydrogen-bond donors (Lipinski definition) is 0. The van der Waals surface area contributed by atoms with Gasteiger partial charge in [0, 0.05) is 53.4 Å². The van der Waals surface area contributed by atoms with E-state index < -0.39 is 0 Å². The van der Waals surface area contributed by atoms with Gasteiger partial charge >= 0.3 is 0 Å². The molecule has 2 saturated heterocycles. The highest BCUT2D eigenvalue weighted by molar-refractivity contribution is 8.93. The number of rotatable bonds is 9. The fourth-order valence-electron chi connectivity index (χ4n) is 6.75. The Morgan fingerprint density at radius 3 is 1.50 bits per heavy atom. The second kappa shape index (κ2) is 17.2. The van der Waals surface area contributed by atoms with E-state index in [0.29, 0.717) is 13.1 Å². The molecule has 2 amide bonds. The number of aryl methyl sites for hydroxylation is 1. The van der Waals surface area contributed by atoms with E-state index in [2.05, 4.69) is 65.3 Å². The van der Waals surface area contributed by atoms with E-state index in [9.17, 15) is 9.59 Å². The molecule has 2 heterocycles. The predicted octanol–water partition coefficient (Wildman–Crippen LogP) is 6.89. The Hall–Kier alpha value is -2.52. The molecule has 238 valence electrons. The summed E-state index contributed by atoms with van der Waals surface area (Å²) in [7, 11) is 3.86. The van der Waals surface area contributed by atoms with E-state index in [1.165, 1.54) is 11.1 Å². The van der Waals surface area contributed by atoms with Gasteiger partial charge in [-0.25, -0.2) is 0 Å². The number of halogens is 2. The molecular weight excluding hydrogens is 680 g/mol. The molecule has 0 bridgehead atoms. The maximum atomic E-state index is 13.6. The number of carbonyl (C=O) groups excluding carboxylic acids is 2. The van der Waals surface area contributed by atoms with Gasteiger partial charge in [-0.15, -0.1) is 34.0 Å². The van der Waals surface area contributed by atoms with Gasteiger partial charge in [0.05, 0.1) is 18.0 Å². The fraction of sp³-hybridized carbons (Fsp3) is 0.444. The van der Waals surface area contributed by atoms with Gasteiger partial charge in [-0.1, -0.05) is 90.5 Å². The van der Waals surface area contributed by atoms with Crippen molar-refractivity contribution in [2.24, 2.45) is 11.8 Å². The Balaban J connectivity index is 0.00000264. The molecule has 0 aliphatic carbocycles. The quantitative estimate of drug-likeness (QED) is 0.241. The maximum Gasteiger partial charge on any atom is 0.227 e. The van der Waals surface area contributed by atoms with Crippen molar-refractivity contribution in [2.45, 2.75) is 51.9 Å². The van der Waals surface area contributed by atoms with E-state index in [1.807, 2.05) is 60.3 Å². The van der Waals surface area contributed by atoms with E-state index in [0.717, 1.165) is 63.0 Å². The number of piperidine rings is 2. The van der Waals surface area contributed by atoms with Gasteiger partial charge in [0.15, 0.2) is 0 Å². The van der Waals surface area contributed by atoms with Gasteiger partial charge < -0.3 is 9.80 Å². The van der Waals surface area contributed by atoms with Crippen LogP contribution in [0.15, 0.2) is 84.9 Å². The first-order valence-corrected chi connectivity index (χ1v) is 15.5. The van der Waals surface area contributed by atoms with Gasteiger partial charge in [-0.3, -0.25) is 19.4 Å². The Bertz CT molecular complexity index is 1230. The summed E-state index contributed by atoms with van der Waals surface area (Å²) in [6, 6.07) is 29.3. The smallest absolute Gasteiger partial charge is 0.227 e. The van der Waals surface area contributed by atoms with Crippen LogP contribution < -0.4 is 0 Å². The lowest BCUT2D eigenvalue weighted by Crippen LogP contribution is -2.52. The maximum absolute atomic E-state index is 13.6. The number of amides is 2. The van der Waals surface area contributed by atoms with Crippen LogP contribution in [-0.2, 0) is 22.7 Å². The fourth-order valence-corrected chi connectivity index (χ4v) is 6.75. The van der Waals surface area contributed by atoms with Crippen molar-refractivity contribution in [3.63, 3.8) is 0 Å². The van der Waals surface area contributed by atoms with Crippen molar-refractivity contribution in [1.82, 2.24) is 19.6 Å². The molecule has 5 rings (SSSR count). The van der Waals surface area contributed by atoms with Gasteiger partial charge in [0.2, 0.25) is 11.8 Å². The minimum Gasteiger partial charge on any atom is -0.341 e. The normalized spacial score (nSPS) is 19.6. The standard InChI is InChI=1S/C36H46N4O2.2BrH/c1-28-18-20-31(21-19-28)34(39-22-10-16-32(26-39)35(41)37(2)24-29-12-6-4-7-13-29)40-23-11-17-33(27-40)36(42)38(3)25-30-14-8-5-9-15-30;;/h4-9,12-15,18-21,32-34H,10-11,16-17,22-27H2,1-3H3;2*1H. The first-order chi connectivity index (χ1) is 20.4. The molecule has 2 atom stereocenters. The first-order valence-electron chi connectivity index (χ1n) is 15.5. The van der Waals surface area contributed by atoms with Crippen LogP contribution in [0.2, 0.25) is 0 Å². The second-order valence-electron chi connectivity index (χ2n) is 12.3. The monoisotopic (exact) mass is 726 g/mol. The number of likely N-dealkylation sites (tertiary alicyclic amines) is 2. The van der Waals surface area contributed by atoms with Gasteiger partial charge in [-0.2, -0.15) is 0 Å². The molecule has 3 aromatic rings. The molecule has 0 aromatic heterocycles. The van der Waals surface area contributed by atoms with Gasteiger partial charge in [0.1, 0.15) is 0 Å². The summed E-state index contributed by atoms with van der Waals surface area (Å²) in [4.78, 5) is 36.1. The number of benzene rings is 3. The highest BCUT2D eigenvalue weighted by Gasteiger charge is 2.38. The molecule has 0 saturated carbocycles. The number of carbonyl (C=O) groups is 2. The molecule has 0 N–H and O–H groups in total. The summed E-state index contributed by atoms with van der Waals surface area (Å²) in [5.74, 6) is 0.389. The van der Waals surface area contributed by atoms with Crippen LogP contribution in [0, 0.1) is 18.8 Å². The van der Waals surface area contributed by atoms with Crippen LogP contribution in [0.3, 0.4) is 0 Å². The molecular formula is C36H48Br2N4O2. The van der Waals surface area contributed by atoms with Gasteiger partial charge in [0.25, 0.3) is 0 Å². The zero-order chi connectivity index (χ0) is 29.5. The largest absolute Gasteiger partial charge is 0.341 e. The Morgan fingerprint density at radius 2 is 1.09 bits per heavy atom. The summed E-state index contributed by atoms with van der Waals surface area (Å²) in [6.45, 7) is 6.75. The summed E-state index contributed by atoms with van der Waals surface area (Å²) < 4.78 is 0. The summed E-state index contributed by atoms with van der Waals surface area (Å²) in [5.41, 5.74) is 4.79. The Labute approximate surface area is 284 Å². The molecule has 44 heavy (non-hydrogen) atoms. The summed E-state index contributed by atoms with van der Waals surface area (Å²) >= 11 is 0. The molecule has 0 radical (unpaired) electrons. The highest BCUT2D eigenvalue weighted by atomic mass is 79.9. The second-order valence-corrected chi connectivity index (χ2v) is 12.3. The third-order valence-corrected chi connectivity index (χ3v) is 8.95. The third kappa shape index (κ3) is 9.25. The lowest BCUT2D eigenvalue weighted by Gasteiger charge is -2.46. The zero-order valence-electron chi connectivity index (χ0n) is 26.3. The molecule has 2 fully saturated rings. The average Bonchev–Trinajstić information content (AvgIpc) is 3.02. The average molecular weight is 729 g/mol. The first kappa shape index (κ1) is 36.0. The van der Waals surface area contributed by atoms with Crippen molar-refractivity contribution in [3.05, 3.63) is 107 Å². The number of nitrogens with zero attached hydrogens (tertiary/aromatic N) is 4. The van der Waals surface area contributed by atoms with Crippen molar-refractivity contribution >= 4 is 45.8 Å². The summed E-state index contributed by atoms with van der Waals surface area (Å²) in [6.07, 6.45) is 3.87. The topological polar surface area (TPSA) is 47.1 Å². The lowest BCUT2D eigenvalue weighted by atomic mass is 9.92. The molecule has 0 spiro atoms. The van der Waals surface area contributed by atoms with Gasteiger partial charge in [-0.05, 0) is 49.3 Å². The molecule has 2 aliphatic rings. The van der Waals surface area contributed by atoms with E-state index in [1.54, 1.807) is 0 Å². The summed E-state index contributed by atoms with van der Waals surface area (Å²) in [5, 5.41) is 0. The van der Waals surface area contributed by atoms with Crippen molar-refractivity contribution in [3.8, 4) is 0 Å². The van der Waals surface area contributed by atoms with E-state index >= 15 is 0 Å². The van der Waals surface area contributed by atoms with Crippen LogP contribution in [0.5, 0.6) is 0 Å². The highest BCUT2D eigenvalue weighted by Crippen LogP contribution is 2.34. The third-order valence-electron chi connectivity index (χ3n) is 8.95. The molecule has 6 nitrogen and oxygen atoms in total. The number of hydrogen-bond acceptors (Lipinski definition) is 4. The van der Waals surface area contributed by atoms with Crippen LogP contribution in [0.4, 0.5) is 0 Å². The molecule has 2 aliphatic heterocycles. The molecule has 2 unspecified atom stereocenters. The van der Waals surface area contributed by atoms with E-state index in [-0.39, 0.29) is 63.8 Å². The van der Waals surface area contributed by atoms with Crippen molar-refractivity contribution < 1.29 is 9.59 Å². The Kier molecular flexibility index (Phi) is 14.1. The van der Waals surface area contributed by atoms with Crippen LogP contribution in [0.25, 0.3) is 0 Å².